The molecule has 0 bridgehead atoms. The lowest BCUT2D eigenvalue weighted by atomic mass is 10.1. The zero-order chi connectivity index (χ0) is 25.2. The summed E-state index contributed by atoms with van der Waals surface area (Å²) in [6.45, 7) is 1.76. The first kappa shape index (κ1) is 25.0. The number of phenolic OH excluding ortho intramolecular Hbond substituents is 1. The number of phenols is 1. The zero-order valence-corrected chi connectivity index (χ0v) is 19.5. The fourth-order valence-electron chi connectivity index (χ4n) is 3.25. The molecule has 0 radical (unpaired) electrons. The molecule has 0 fully saturated rings. The fraction of sp³-hybridized carbons (Fsp3) is 0.148. The molecule has 0 aliphatic heterocycles. The highest BCUT2D eigenvalue weighted by Gasteiger charge is 2.13. The van der Waals surface area contributed by atoms with Crippen LogP contribution >= 0.6 is 0 Å². The minimum absolute atomic E-state index is 0.0228. The summed E-state index contributed by atoms with van der Waals surface area (Å²) >= 11 is 0. The molecule has 0 heterocycles. The van der Waals surface area contributed by atoms with Gasteiger partial charge in [-0.05, 0) is 47.0 Å². The predicted octanol–water partition coefficient (Wildman–Crippen LogP) is 3.38. The van der Waals surface area contributed by atoms with Gasteiger partial charge in [-0.2, -0.15) is 0 Å². The molecule has 0 atom stereocenters. The largest absolute Gasteiger partial charge is 0.504 e. The molecular weight excluding hydrogens is 446 g/mol. The second-order valence-electron chi connectivity index (χ2n) is 7.76. The lowest BCUT2D eigenvalue weighted by Gasteiger charge is -2.11. The van der Waals surface area contributed by atoms with E-state index in [2.05, 4.69) is 16.0 Å². The van der Waals surface area contributed by atoms with Crippen LogP contribution in [0.25, 0.3) is 6.08 Å². The van der Waals surface area contributed by atoms with Crippen molar-refractivity contribution in [2.24, 2.45) is 0 Å². The van der Waals surface area contributed by atoms with Crippen molar-refractivity contribution in [2.45, 2.75) is 19.9 Å². The molecule has 8 nitrogen and oxygen atoms in total. The molecule has 35 heavy (non-hydrogen) atoms. The topological polar surface area (TPSA) is 117 Å². The molecule has 0 aliphatic carbocycles. The third-order valence-electron chi connectivity index (χ3n) is 4.98. The summed E-state index contributed by atoms with van der Waals surface area (Å²) in [5, 5.41) is 17.9. The fourth-order valence-corrected chi connectivity index (χ4v) is 3.25. The number of ether oxygens (including phenoxy) is 1. The molecule has 0 saturated carbocycles. The number of rotatable bonds is 9. The van der Waals surface area contributed by atoms with Gasteiger partial charge in [-0.1, -0.05) is 48.5 Å². The van der Waals surface area contributed by atoms with Gasteiger partial charge in [-0.3, -0.25) is 14.4 Å². The molecule has 3 aromatic rings. The highest BCUT2D eigenvalue weighted by atomic mass is 16.5. The summed E-state index contributed by atoms with van der Waals surface area (Å²) in [5.41, 5.74) is 2.89. The van der Waals surface area contributed by atoms with Crippen LogP contribution in [-0.4, -0.2) is 29.9 Å². The van der Waals surface area contributed by atoms with Crippen molar-refractivity contribution in [3.05, 3.63) is 95.2 Å². The third kappa shape index (κ3) is 7.75. The number of hydrogen-bond acceptors (Lipinski definition) is 5. The van der Waals surface area contributed by atoms with E-state index in [4.69, 9.17) is 4.74 Å². The highest BCUT2D eigenvalue weighted by Crippen LogP contribution is 2.27. The van der Waals surface area contributed by atoms with E-state index in [1.165, 1.54) is 26.2 Å². The zero-order valence-electron chi connectivity index (χ0n) is 19.5. The number of aromatic hydroxyl groups is 1. The second-order valence-corrected chi connectivity index (χ2v) is 7.76. The van der Waals surface area contributed by atoms with E-state index in [1.54, 1.807) is 36.4 Å². The molecule has 3 amide bonds. The second kappa shape index (κ2) is 12.0. The minimum Gasteiger partial charge on any atom is -0.504 e. The van der Waals surface area contributed by atoms with Crippen molar-refractivity contribution in [3.63, 3.8) is 0 Å². The number of methoxy groups -OCH3 is 1. The van der Waals surface area contributed by atoms with Crippen LogP contribution in [0, 0.1) is 0 Å². The monoisotopic (exact) mass is 473 g/mol. The van der Waals surface area contributed by atoms with Gasteiger partial charge in [0.2, 0.25) is 11.8 Å². The Balaban J connectivity index is 1.63. The van der Waals surface area contributed by atoms with Crippen LogP contribution in [0.15, 0.2) is 78.5 Å². The lowest BCUT2D eigenvalue weighted by molar-refractivity contribution is -0.121. The maximum absolute atomic E-state index is 12.8. The highest BCUT2D eigenvalue weighted by molar-refractivity contribution is 6.08. The van der Waals surface area contributed by atoms with Gasteiger partial charge in [0.25, 0.3) is 5.91 Å². The smallest absolute Gasteiger partial charge is 0.272 e. The SMILES string of the molecule is COc1cc(/C=C(/NC(C)=O)C(=O)Nc2ccc(CC(=O)NCc3ccccc3)cc2)ccc1O. The van der Waals surface area contributed by atoms with Crippen LogP contribution in [0.3, 0.4) is 0 Å². The van der Waals surface area contributed by atoms with Gasteiger partial charge in [-0.25, -0.2) is 0 Å². The van der Waals surface area contributed by atoms with Crippen LogP contribution in [0.4, 0.5) is 5.69 Å². The molecular formula is C27H27N3O5. The van der Waals surface area contributed by atoms with Crippen molar-refractivity contribution < 1.29 is 24.2 Å². The van der Waals surface area contributed by atoms with Crippen LogP contribution < -0.4 is 20.7 Å². The number of benzene rings is 3. The van der Waals surface area contributed by atoms with E-state index >= 15 is 0 Å². The quantitative estimate of drug-likeness (QED) is 0.356. The molecule has 4 N–H and O–H groups in total. The van der Waals surface area contributed by atoms with E-state index < -0.39 is 11.8 Å². The maximum Gasteiger partial charge on any atom is 0.272 e. The van der Waals surface area contributed by atoms with Crippen LogP contribution in [0.1, 0.15) is 23.6 Å². The summed E-state index contributed by atoms with van der Waals surface area (Å²) < 4.78 is 5.09. The Bertz CT molecular complexity index is 1220. The van der Waals surface area contributed by atoms with Gasteiger partial charge in [-0.15, -0.1) is 0 Å². The number of anilines is 1. The summed E-state index contributed by atoms with van der Waals surface area (Å²) in [6, 6.07) is 21.1. The molecule has 180 valence electrons. The molecule has 0 spiro atoms. The molecule has 0 unspecified atom stereocenters. The number of carbonyl (C=O) groups is 3. The van der Waals surface area contributed by atoms with Crippen molar-refractivity contribution >= 4 is 29.5 Å². The first-order valence-electron chi connectivity index (χ1n) is 10.9. The molecule has 0 saturated heterocycles. The maximum atomic E-state index is 12.8. The summed E-state index contributed by atoms with van der Waals surface area (Å²) in [7, 11) is 1.42. The minimum atomic E-state index is -0.527. The Morgan fingerprint density at radius 2 is 1.66 bits per heavy atom. The van der Waals surface area contributed by atoms with E-state index in [0.29, 0.717) is 17.8 Å². The molecule has 3 rings (SSSR count). The van der Waals surface area contributed by atoms with Gasteiger partial charge >= 0.3 is 0 Å². The molecule has 8 heteroatoms. The van der Waals surface area contributed by atoms with E-state index in [-0.39, 0.29) is 29.5 Å². The number of carbonyl (C=O) groups excluding carboxylic acids is 3. The number of nitrogens with one attached hydrogen (secondary N) is 3. The summed E-state index contributed by atoms with van der Waals surface area (Å²) in [6.07, 6.45) is 1.69. The van der Waals surface area contributed by atoms with Crippen molar-refractivity contribution in [2.75, 3.05) is 12.4 Å². The molecule has 0 aliphatic rings. The van der Waals surface area contributed by atoms with E-state index in [9.17, 15) is 19.5 Å². The summed E-state index contributed by atoms with van der Waals surface area (Å²) in [4.78, 5) is 36.7. The Hall–Kier alpha value is -4.59. The van der Waals surface area contributed by atoms with E-state index in [1.807, 2.05) is 30.3 Å². The summed E-state index contributed by atoms with van der Waals surface area (Å²) in [5.74, 6) is -0.839. The average Bonchev–Trinajstić information content (AvgIpc) is 2.85. The van der Waals surface area contributed by atoms with Gasteiger partial charge in [0.15, 0.2) is 11.5 Å². The van der Waals surface area contributed by atoms with Crippen molar-refractivity contribution in [3.8, 4) is 11.5 Å². The first-order chi connectivity index (χ1) is 16.8. The first-order valence-corrected chi connectivity index (χ1v) is 10.9. The van der Waals surface area contributed by atoms with Crippen LogP contribution in [0.2, 0.25) is 0 Å². The third-order valence-corrected chi connectivity index (χ3v) is 4.98. The van der Waals surface area contributed by atoms with Crippen LogP contribution in [-0.2, 0) is 27.3 Å². The van der Waals surface area contributed by atoms with Crippen LogP contribution in [0.5, 0.6) is 11.5 Å². The van der Waals surface area contributed by atoms with Gasteiger partial charge in [0.1, 0.15) is 5.70 Å². The predicted molar refractivity (Wildman–Crippen MR) is 134 cm³/mol. The Kier molecular flexibility index (Phi) is 8.61. The standard InChI is InChI=1S/C27H27N3O5/c1-18(31)29-23(14-21-10-13-24(32)25(15-21)35-2)27(34)30-22-11-8-19(9-12-22)16-26(33)28-17-20-6-4-3-5-7-20/h3-15,32H,16-17H2,1-2H3,(H,28,33)(H,29,31)(H,30,34)/b23-14+. The average molecular weight is 474 g/mol. The number of amides is 3. The van der Waals surface area contributed by atoms with Gasteiger partial charge in [0.05, 0.1) is 13.5 Å². The van der Waals surface area contributed by atoms with Crippen molar-refractivity contribution in [1.82, 2.24) is 10.6 Å². The van der Waals surface area contributed by atoms with Gasteiger partial charge in [0, 0.05) is 19.2 Å². The Morgan fingerprint density at radius 1 is 0.943 bits per heavy atom. The number of hydrogen-bond donors (Lipinski definition) is 4. The lowest BCUT2D eigenvalue weighted by Crippen LogP contribution is -2.29. The van der Waals surface area contributed by atoms with Gasteiger partial charge < -0.3 is 25.8 Å². The molecule has 3 aromatic carbocycles. The molecule has 0 aromatic heterocycles. The Morgan fingerprint density at radius 3 is 2.31 bits per heavy atom. The van der Waals surface area contributed by atoms with Crippen molar-refractivity contribution in [1.29, 1.82) is 0 Å². The normalized spacial score (nSPS) is 10.9. The Labute approximate surface area is 203 Å². The van der Waals surface area contributed by atoms with E-state index in [0.717, 1.165) is 11.1 Å².